The minimum atomic E-state index is -0.757. The second-order valence-electron chi connectivity index (χ2n) is 15.6. The zero-order valence-corrected chi connectivity index (χ0v) is 32.9. The number of amides is 3. The number of ether oxygens (including phenoxy) is 4. The number of fused-ring (bicyclic) bond motifs is 4. The number of pyridine rings is 3. The maximum atomic E-state index is 13.0. The number of piperidine rings is 1. The molecule has 2 fully saturated rings. The van der Waals surface area contributed by atoms with Gasteiger partial charge in [-0.3, -0.25) is 24.7 Å². The molecule has 13 heteroatoms. The van der Waals surface area contributed by atoms with Gasteiger partial charge in [-0.05, 0) is 85.8 Å². The quantitative estimate of drug-likeness (QED) is 0.0920. The average Bonchev–Trinajstić information content (AvgIpc) is 3.70. The van der Waals surface area contributed by atoms with Crippen LogP contribution < -0.4 is 19.5 Å². The fourth-order valence-corrected chi connectivity index (χ4v) is 7.80. The van der Waals surface area contributed by atoms with Crippen molar-refractivity contribution in [3.05, 3.63) is 108 Å². The molecule has 0 radical (unpaired) electrons. The van der Waals surface area contributed by atoms with Gasteiger partial charge in [0.1, 0.15) is 47.7 Å². The van der Waals surface area contributed by atoms with E-state index in [0.717, 1.165) is 46.0 Å². The highest BCUT2D eigenvalue weighted by Crippen LogP contribution is 2.34. The molecular weight excluding hydrogens is 749 g/mol. The fraction of sp³-hybridized carbons (Fsp3) is 0.304. The molecule has 59 heavy (non-hydrogen) atoms. The maximum Gasteiger partial charge on any atom is 0.255 e. The number of nitrogens with zero attached hydrogens (tertiary/aromatic N) is 5. The largest absolute Gasteiger partial charge is 0.491 e. The van der Waals surface area contributed by atoms with Crippen LogP contribution in [0.3, 0.4) is 0 Å². The second-order valence-corrected chi connectivity index (χ2v) is 15.6. The predicted molar refractivity (Wildman–Crippen MR) is 219 cm³/mol. The summed E-state index contributed by atoms with van der Waals surface area (Å²) in [6, 6.07) is 20.8. The Labute approximate surface area is 340 Å². The average molecular weight is 791 g/mol. The first-order valence-electron chi connectivity index (χ1n) is 19.7. The van der Waals surface area contributed by atoms with E-state index >= 15 is 0 Å². The molecule has 2 aliphatic heterocycles. The van der Waals surface area contributed by atoms with Gasteiger partial charge in [-0.15, -0.1) is 0 Å². The normalized spacial score (nSPS) is 18.9. The molecular formula is C46H42N6O7. The van der Waals surface area contributed by atoms with E-state index in [0.29, 0.717) is 35.1 Å². The van der Waals surface area contributed by atoms with Gasteiger partial charge < -0.3 is 28.4 Å². The Morgan fingerprint density at radius 3 is 2.46 bits per heavy atom. The Hall–Kier alpha value is -6.78. The molecule has 9 rings (SSSR count). The monoisotopic (exact) mass is 790 g/mol. The van der Waals surface area contributed by atoms with Crippen LogP contribution in [0.25, 0.3) is 32.9 Å². The lowest BCUT2D eigenvalue weighted by molar-refractivity contribution is -0.136. The van der Waals surface area contributed by atoms with Crippen molar-refractivity contribution in [2.24, 2.45) is 7.05 Å². The first kappa shape index (κ1) is 37.8. The smallest absolute Gasteiger partial charge is 0.255 e. The zero-order chi connectivity index (χ0) is 40.7. The first-order chi connectivity index (χ1) is 28.6. The highest BCUT2D eigenvalue weighted by Gasteiger charge is 2.39. The molecule has 1 saturated heterocycles. The number of carbonyl (C=O) groups is 3. The Morgan fingerprint density at radius 2 is 1.66 bits per heavy atom. The van der Waals surface area contributed by atoms with Crippen molar-refractivity contribution in [2.45, 2.75) is 69.9 Å². The van der Waals surface area contributed by atoms with Crippen LogP contribution in [-0.2, 0) is 27.9 Å². The van der Waals surface area contributed by atoms with Crippen molar-refractivity contribution in [2.75, 3.05) is 13.2 Å². The zero-order valence-electron chi connectivity index (χ0n) is 32.9. The molecule has 1 unspecified atom stereocenters. The lowest BCUT2D eigenvalue weighted by Crippen LogP contribution is -2.52. The van der Waals surface area contributed by atoms with Gasteiger partial charge in [-0.2, -0.15) is 0 Å². The minimum absolute atomic E-state index is 0.0294. The summed E-state index contributed by atoms with van der Waals surface area (Å²) in [5.41, 5.74) is 5.58. The van der Waals surface area contributed by atoms with E-state index in [1.807, 2.05) is 68.8 Å². The molecule has 4 aromatic heterocycles. The van der Waals surface area contributed by atoms with Gasteiger partial charge >= 0.3 is 0 Å². The van der Waals surface area contributed by atoms with Gasteiger partial charge in [-0.1, -0.05) is 18.1 Å². The summed E-state index contributed by atoms with van der Waals surface area (Å²) in [6.45, 7) is 4.61. The second kappa shape index (κ2) is 15.5. The van der Waals surface area contributed by atoms with Crippen molar-refractivity contribution >= 4 is 39.5 Å². The molecule has 298 valence electrons. The van der Waals surface area contributed by atoms with Crippen LogP contribution in [0.4, 0.5) is 0 Å². The summed E-state index contributed by atoms with van der Waals surface area (Å²) in [5.74, 6) is 7.13. The summed E-state index contributed by atoms with van der Waals surface area (Å²) in [5, 5.41) is 4.65. The number of aryl methyl sites for hydroxylation is 1. The molecule has 0 spiro atoms. The molecule has 3 aliphatic rings. The molecule has 1 saturated carbocycles. The van der Waals surface area contributed by atoms with Crippen LogP contribution in [0.15, 0.2) is 91.5 Å². The summed E-state index contributed by atoms with van der Waals surface area (Å²) in [7, 11) is 2.08. The number of rotatable bonds is 11. The van der Waals surface area contributed by atoms with Gasteiger partial charge in [-0.25, -0.2) is 9.97 Å². The predicted octanol–water partition coefficient (Wildman–Crippen LogP) is 6.16. The highest BCUT2D eigenvalue weighted by molar-refractivity contribution is 6.08. The lowest BCUT2D eigenvalue weighted by Gasteiger charge is -2.34. The number of aromatic nitrogens is 4. The van der Waals surface area contributed by atoms with Crippen molar-refractivity contribution in [1.29, 1.82) is 0 Å². The number of hydrogen-bond donors (Lipinski definition) is 1. The third-order valence-electron chi connectivity index (χ3n) is 11.1. The topological polar surface area (TPSA) is 147 Å². The third-order valence-corrected chi connectivity index (χ3v) is 11.1. The first-order valence-corrected chi connectivity index (χ1v) is 19.7. The third kappa shape index (κ3) is 7.91. The van der Waals surface area contributed by atoms with Crippen LogP contribution in [0.1, 0.15) is 61.1 Å². The van der Waals surface area contributed by atoms with Gasteiger partial charge in [0, 0.05) is 84.9 Å². The van der Waals surface area contributed by atoms with Crippen LogP contribution in [0.2, 0.25) is 0 Å². The summed E-state index contributed by atoms with van der Waals surface area (Å²) >= 11 is 0. The van der Waals surface area contributed by atoms with Gasteiger partial charge in [0.15, 0.2) is 0 Å². The lowest BCUT2D eigenvalue weighted by atomic mass is 9.92. The van der Waals surface area contributed by atoms with E-state index in [1.54, 1.807) is 18.3 Å². The minimum Gasteiger partial charge on any atom is -0.491 e. The van der Waals surface area contributed by atoms with Crippen LogP contribution >= 0.6 is 0 Å². The van der Waals surface area contributed by atoms with E-state index in [-0.39, 0.29) is 50.2 Å². The van der Waals surface area contributed by atoms with Crippen LogP contribution in [0, 0.1) is 11.8 Å². The Kier molecular flexibility index (Phi) is 9.94. The standard InChI is InChI=1S/C46H42N6O7/c1-46(2,57-19-18-56-32-8-10-36-30(20-32)27-52(45(36)55)40-11-12-42(53)50-44(40)54)16-14-31-6-7-33(25-48-31)58-34-22-35(23-34)59-43-13-5-29(24-49-43)28-4-9-37-38-26-47-17-15-39(38)51(3)41(37)21-28/h4-10,13,15,17,20-21,24-26,34-35,40H,11-12,18-19,22-23,27H2,1-3H3,(H,50,53,54)/t34-,35-,40?. The molecule has 6 aromatic rings. The summed E-state index contributed by atoms with van der Waals surface area (Å²) in [4.78, 5) is 51.7. The van der Waals surface area contributed by atoms with Crippen LogP contribution in [-0.4, -0.2) is 79.2 Å². The summed E-state index contributed by atoms with van der Waals surface area (Å²) < 4.78 is 26.4. The van der Waals surface area contributed by atoms with Crippen molar-refractivity contribution in [1.82, 2.24) is 29.7 Å². The Bertz CT molecular complexity index is 2660. The Balaban J connectivity index is 0.702. The molecule has 3 amide bonds. The van der Waals surface area contributed by atoms with E-state index in [9.17, 15) is 14.4 Å². The maximum absolute atomic E-state index is 13.0. The van der Waals surface area contributed by atoms with Gasteiger partial charge in [0.05, 0.1) is 18.3 Å². The number of nitrogens with one attached hydrogen (secondary N) is 1. The highest BCUT2D eigenvalue weighted by atomic mass is 16.5. The number of carbonyl (C=O) groups excluding carboxylic acids is 3. The molecule has 2 aromatic carbocycles. The molecule has 6 heterocycles. The van der Waals surface area contributed by atoms with E-state index in [1.165, 1.54) is 10.3 Å². The molecule has 1 atom stereocenters. The van der Waals surface area contributed by atoms with E-state index < -0.39 is 17.6 Å². The van der Waals surface area contributed by atoms with Gasteiger partial charge in [0.2, 0.25) is 17.7 Å². The van der Waals surface area contributed by atoms with E-state index in [2.05, 4.69) is 61.9 Å². The fourth-order valence-electron chi connectivity index (χ4n) is 7.80. The van der Waals surface area contributed by atoms with Crippen molar-refractivity contribution < 1.29 is 33.3 Å². The van der Waals surface area contributed by atoms with Crippen molar-refractivity contribution in [3.63, 3.8) is 0 Å². The van der Waals surface area contributed by atoms with Gasteiger partial charge in [0.25, 0.3) is 5.91 Å². The SMILES string of the molecule is Cn1c2ccncc2c2ccc(-c3ccc(O[C@H]4C[C@H](Oc5ccc(C#CC(C)(C)OCCOc6ccc7c(c6)CN(C6CCC(=O)NC6=O)C7=O)nc5)C4)nc3)cc21. The van der Waals surface area contributed by atoms with Crippen molar-refractivity contribution in [3.8, 4) is 40.3 Å². The van der Waals surface area contributed by atoms with E-state index in [4.69, 9.17) is 18.9 Å². The Morgan fingerprint density at radius 1 is 0.831 bits per heavy atom. The van der Waals surface area contributed by atoms with Crippen LogP contribution in [0.5, 0.6) is 17.4 Å². The molecule has 0 bridgehead atoms. The number of hydrogen-bond acceptors (Lipinski definition) is 10. The number of benzene rings is 2. The molecule has 1 N–H and O–H groups in total. The number of imide groups is 1. The molecule has 13 nitrogen and oxygen atoms in total. The molecule has 1 aliphatic carbocycles. The summed E-state index contributed by atoms with van der Waals surface area (Å²) in [6.07, 6.45) is 9.37.